The van der Waals surface area contributed by atoms with Gasteiger partial charge in [-0.15, -0.1) is 11.8 Å². The molecule has 2 aromatic carbocycles. The van der Waals surface area contributed by atoms with Gasteiger partial charge in [0, 0.05) is 23.3 Å². The third-order valence-corrected chi connectivity index (χ3v) is 4.63. The fourth-order valence-electron chi connectivity index (χ4n) is 2.26. The van der Waals surface area contributed by atoms with Crippen LogP contribution in [0.2, 0.25) is 0 Å². The van der Waals surface area contributed by atoms with Crippen LogP contribution < -0.4 is 14.8 Å². The van der Waals surface area contributed by atoms with Gasteiger partial charge >= 0.3 is 0 Å². The zero-order valence-corrected chi connectivity index (χ0v) is 15.6. The minimum atomic E-state index is -0.613. The van der Waals surface area contributed by atoms with E-state index in [9.17, 15) is 14.9 Å². The number of hydrogen-bond donors (Lipinski definition) is 1. The summed E-state index contributed by atoms with van der Waals surface area (Å²) in [6.07, 6.45) is 0. The van der Waals surface area contributed by atoms with Gasteiger partial charge in [0.2, 0.25) is 0 Å². The molecule has 26 heavy (non-hydrogen) atoms. The third kappa shape index (κ3) is 4.89. The summed E-state index contributed by atoms with van der Waals surface area (Å²) in [6.45, 7) is 2.40. The monoisotopic (exact) mass is 376 g/mol. The van der Waals surface area contributed by atoms with Crippen molar-refractivity contribution in [3.63, 3.8) is 0 Å². The topological polar surface area (TPSA) is 90.7 Å². The van der Waals surface area contributed by atoms with E-state index in [1.807, 2.05) is 31.2 Å². The maximum atomic E-state index is 12.4. The van der Waals surface area contributed by atoms with E-state index in [0.29, 0.717) is 12.3 Å². The number of aryl methyl sites for hydroxylation is 1. The Bertz CT molecular complexity index is 793. The quantitative estimate of drug-likeness (QED) is 0.328. The summed E-state index contributed by atoms with van der Waals surface area (Å²) in [5, 5.41) is 14.0. The second kappa shape index (κ2) is 9.10. The molecule has 0 unspecified atom stereocenters. The molecule has 138 valence electrons. The van der Waals surface area contributed by atoms with Crippen molar-refractivity contribution >= 4 is 23.4 Å². The number of benzene rings is 2. The van der Waals surface area contributed by atoms with Crippen molar-refractivity contribution in [2.24, 2.45) is 0 Å². The van der Waals surface area contributed by atoms with Gasteiger partial charge in [-0.1, -0.05) is 17.7 Å². The predicted molar refractivity (Wildman–Crippen MR) is 100 cm³/mol. The Hall–Kier alpha value is -2.74. The minimum absolute atomic E-state index is 0.0621. The smallest absolute Gasteiger partial charge is 0.286 e. The molecule has 0 aliphatic carbocycles. The third-order valence-electron chi connectivity index (χ3n) is 3.62. The summed E-state index contributed by atoms with van der Waals surface area (Å²) < 4.78 is 10.2. The lowest BCUT2D eigenvalue weighted by Crippen LogP contribution is -2.26. The molecule has 2 rings (SSSR count). The van der Waals surface area contributed by atoms with Crippen LogP contribution in [-0.2, 0) is 0 Å². The SMILES string of the molecule is COc1cc(C(=O)NCCSc2ccc(C)cc2)c([N+](=O)[O-])cc1OC. The standard InChI is InChI=1S/C18H20N2O5S/c1-12-4-6-13(7-5-12)26-9-8-19-18(21)14-10-16(24-2)17(25-3)11-15(14)20(22)23/h4-7,10-11H,8-9H2,1-3H3,(H,19,21). The summed E-state index contributed by atoms with van der Waals surface area (Å²) in [5.41, 5.74) is 0.794. The molecule has 0 bridgehead atoms. The van der Waals surface area contributed by atoms with Crippen molar-refractivity contribution in [2.45, 2.75) is 11.8 Å². The summed E-state index contributed by atoms with van der Waals surface area (Å²) in [6, 6.07) is 10.6. The zero-order chi connectivity index (χ0) is 19.1. The van der Waals surface area contributed by atoms with Gasteiger partial charge in [-0.3, -0.25) is 14.9 Å². The Morgan fingerprint density at radius 1 is 1.15 bits per heavy atom. The van der Waals surface area contributed by atoms with Crippen LogP contribution in [0.4, 0.5) is 5.69 Å². The Kier molecular flexibility index (Phi) is 6.85. The largest absolute Gasteiger partial charge is 0.493 e. The van der Waals surface area contributed by atoms with Crippen LogP contribution in [-0.4, -0.2) is 37.3 Å². The van der Waals surface area contributed by atoms with Crippen molar-refractivity contribution in [2.75, 3.05) is 26.5 Å². The molecule has 2 aromatic rings. The van der Waals surface area contributed by atoms with Crippen molar-refractivity contribution in [1.82, 2.24) is 5.32 Å². The van der Waals surface area contributed by atoms with Crippen molar-refractivity contribution in [3.05, 3.63) is 57.6 Å². The number of nitro groups is 1. The van der Waals surface area contributed by atoms with Crippen LogP contribution in [0.1, 0.15) is 15.9 Å². The van der Waals surface area contributed by atoms with Gasteiger partial charge in [-0.25, -0.2) is 0 Å². The Morgan fingerprint density at radius 3 is 2.35 bits per heavy atom. The second-order valence-corrected chi connectivity index (χ2v) is 6.57. The lowest BCUT2D eigenvalue weighted by molar-refractivity contribution is -0.385. The average Bonchev–Trinajstić information content (AvgIpc) is 2.65. The maximum Gasteiger partial charge on any atom is 0.286 e. The number of thioether (sulfide) groups is 1. The first-order chi connectivity index (χ1) is 12.5. The number of ether oxygens (including phenoxy) is 2. The van der Waals surface area contributed by atoms with Crippen molar-refractivity contribution in [1.29, 1.82) is 0 Å². The van der Waals surface area contributed by atoms with Gasteiger partial charge < -0.3 is 14.8 Å². The van der Waals surface area contributed by atoms with Gasteiger partial charge in [-0.05, 0) is 19.1 Å². The molecule has 0 fully saturated rings. The molecule has 8 heteroatoms. The highest BCUT2D eigenvalue weighted by Gasteiger charge is 2.24. The second-order valence-electron chi connectivity index (χ2n) is 5.40. The fourth-order valence-corrected chi connectivity index (χ4v) is 3.03. The van der Waals surface area contributed by atoms with Gasteiger partial charge in [0.25, 0.3) is 11.6 Å². The maximum absolute atomic E-state index is 12.4. The van der Waals surface area contributed by atoms with E-state index in [1.54, 1.807) is 11.8 Å². The highest BCUT2D eigenvalue weighted by atomic mass is 32.2. The van der Waals surface area contributed by atoms with Crippen LogP contribution >= 0.6 is 11.8 Å². The van der Waals surface area contributed by atoms with E-state index in [0.717, 1.165) is 4.90 Å². The van der Waals surface area contributed by atoms with E-state index in [2.05, 4.69) is 5.32 Å². The number of amides is 1. The van der Waals surface area contributed by atoms with Gasteiger partial charge in [0.1, 0.15) is 5.56 Å². The first kappa shape index (κ1) is 19.6. The van der Waals surface area contributed by atoms with Crippen LogP contribution in [0, 0.1) is 17.0 Å². The molecule has 1 amide bonds. The highest BCUT2D eigenvalue weighted by molar-refractivity contribution is 7.99. The van der Waals surface area contributed by atoms with Crippen LogP contribution in [0.15, 0.2) is 41.3 Å². The van der Waals surface area contributed by atoms with Gasteiger partial charge in [0.05, 0.1) is 25.2 Å². The van der Waals surface area contributed by atoms with E-state index >= 15 is 0 Å². The molecule has 0 saturated heterocycles. The minimum Gasteiger partial charge on any atom is -0.493 e. The summed E-state index contributed by atoms with van der Waals surface area (Å²) >= 11 is 1.60. The number of rotatable bonds is 8. The predicted octanol–water partition coefficient (Wildman–Crippen LogP) is 3.44. The number of hydrogen-bond acceptors (Lipinski definition) is 6. The first-order valence-electron chi connectivity index (χ1n) is 7.84. The molecule has 0 aromatic heterocycles. The fraction of sp³-hybridized carbons (Fsp3) is 0.278. The number of methoxy groups -OCH3 is 2. The summed E-state index contributed by atoms with van der Waals surface area (Å²) in [4.78, 5) is 24.1. The summed E-state index contributed by atoms with van der Waals surface area (Å²) in [7, 11) is 2.78. The Morgan fingerprint density at radius 2 is 1.77 bits per heavy atom. The molecular formula is C18H20N2O5S. The average molecular weight is 376 g/mol. The van der Waals surface area contributed by atoms with E-state index in [-0.39, 0.29) is 22.7 Å². The highest BCUT2D eigenvalue weighted by Crippen LogP contribution is 2.34. The Labute approximate surface area is 155 Å². The lowest BCUT2D eigenvalue weighted by atomic mass is 10.1. The van der Waals surface area contributed by atoms with E-state index in [1.165, 1.54) is 31.9 Å². The van der Waals surface area contributed by atoms with Crippen molar-refractivity contribution < 1.29 is 19.2 Å². The number of nitrogens with one attached hydrogen (secondary N) is 1. The number of carbonyl (C=O) groups excluding carboxylic acids is 1. The number of nitro benzene ring substituents is 1. The molecule has 0 saturated carbocycles. The van der Waals surface area contributed by atoms with Crippen molar-refractivity contribution in [3.8, 4) is 11.5 Å². The van der Waals surface area contributed by atoms with Gasteiger partial charge in [0.15, 0.2) is 11.5 Å². The van der Waals surface area contributed by atoms with Crippen LogP contribution in [0.5, 0.6) is 11.5 Å². The molecule has 0 atom stereocenters. The molecule has 1 N–H and O–H groups in total. The molecule has 7 nitrogen and oxygen atoms in total. The molecule has 0 spiro atoms. The Balaban J connectivity index is 2.03. The molecular weight excluding hydrogens is 356 g/mol. The first-order valence-corrected chi connectivity index (χ1v) is 8.83. The normalized spacial score (nSPS) is 10.3. The molecule has 0 aliphatic rings. The van der Waals surface area contributed by atoms with Gasteiger partial charge in [-0.2, -0.15) is 0 Å². The lowest BCUT2D eigenvalue weighted by Gasteiger charge is -2.11. The van der Waals surface area contributed by atoms with E-state index < -0.39 is 10.8 Å². The molecule has 0 aliphatic heterocycles. The number of carbonyl (C=O) groups is 1. The van der Waals surface area contributed by atoms with Crippen LogP contribution in [0.25, 0.3) is 0 Å². The number of nitrogens with zero attached hydrogens (tertiary/aromatic N) is 1. The zero-order valence-electron chi connectivity index (χ0n) is 14.8. The molecule has 0 radical (unpaired) electrons. The van der Waals surface area contributed by atoms with Crippen LogP contribution in [0.3, 0.4) is 0 Å². The van der Waals surface area contributed by atoms with E-state index in [4.69, 9.17) is 9.47 Å². The summed E-state index contributed by atoms with van der Waals surface area (Å²) in [5.74, 6) is 0.584. The molecule has 0 heterocycles.